The van der Waals surface area contributed by atoms with E-state index in [4.69, 9.17) is 8.83 Å². The molecule has 1 aromatic carbocycles. The van der Waals surface area contributed by atoms with Crippen LogP contribution in [-0.2, 0) is 12.8 Å². The normalized spacial score (nSPS) is 10.7. The van der Waals surface area contributed by atoms with Crippen LogP contribution in [0.2, 0.25) is 0 Å². The Kier molecular flexibility index (Phi) is 5.02. The fourth-order valence-corrected chi connectivity index (χ4v) is 2.67. The van der Waals surface area contributed by atoms with Crippen LogP contribution in [0.15, 0.2) is 50.0 Å². The lowest BCUT2D eigenvalue weighted by Gasteiger charge is -2.06. The summed E-state index contributed by atoms with van der Waals surface area (Å²) in [5.41, 5.74) is 1.69. The number of rotatable bonds is 5. The number of anilines is 1. The number of aromatic nitrogens is 1. The third-order valence-corrected chi connectivity index (χ3v) is 4.18. The molecule has 6 heteroatoms. The van der Waals surface area contributed by atoms with E-state index < -0.39 is 11.5 Å². The van der Waals surface area contributed by atoms with E-state index in [0.717, 1.165) is 12.0 Å². The molecule has 0 unspecified atom stereocenters. The largest absolute Gasteiger partial charge is 0.428 e. The Morgan fingerprint density at radius 2 is 1.81 bits per heavy atom. The second kappa shape index (κ2) is 7.39. The van der Waals surface area contributed by atoms with Crippen LogP contribution in [0.5, 0.6) is 0 Å². The molecule has 0 radical (unpaired) electrons. The molecule has 6 nitrogen and oxygen atoms in total. The Morgan fingerprint density at radius 3 is 2.42 bits per heavy atom. The van der Waals surface area contributed by atoms with Crippen LogP contribution in [0.1, 0.15) is 38.7 Å². The Morgan fingerprint density at radius 1 is 1.08 bits per heavy atom. The number of nitrogens with one attached hydrogen (secondary N) is 1. The van der Waals surface area contributed by atoms with Crippen molar-refractivity contribution < 1.29 is 13.6 Å². The molecule has 0 fully saturated rings. The summed E-state index contributed by atoms with van der Waals surface area (Å²) < 4.78 is 10.7. The molecule has 26 heavy (non-hydrogen) atoms. The molecule has 0 aliphatic carbocycles. The summed E-state index contributed by atoms with van der Waals surface area (Å²) in [6, 6.07) is 11.7. The van der Waals surface area contributed by atoms with Crippen molar-refractivity contribution in [1.29, 1.82) is 0 Å². The monoisotopic (exact) mass is 352 g/mol. The SMILES string of the molecule is Cc1cc(CCc2ccccc2)oc(=O)c1C(=O)Nc1nc(C)c(C)o1. The topological polar surface area (TPSA) is 85.3 Å². The van der Waals surface area contributed by atoms with E-state index in [2.05, 4.69) is 10.3 Å². The number of hydrogen-bond donors (Lipinski definition) is 1. The van der Waals surface area contributed by atoms with E-state index in [-0.39, 0.29) is 11.6 Å². The van der Waals surface area contributed by atoms with Crippen molar-refractivity contribution in [2.75, 3.05) is 5.32 Å². The number of nitrogens with zero attached hydrogens (tertiary/aromatic N) is 1. The maximum absolute atomic E-state index is 12.4. The van der Waals surface area contributed by atoms with Gasteiger partial charge < -0.3 is 8.83 Å². The van der Waals surface area contributed by atoms with Gasteiger partial charge in [-0.1, -0.05) is 30.3 Å². The molecule has 0 saturated carbocycles. The molecule has 0 bridgehead atoms. The highest BCUT2D eigenvalue weighted by Crippen LogP contribution is 2.15. The maximum Gasteiger partial charge on any atom is 0.349 e. The summed E-state index contributed by atoms with van der Waals surface area (Å²) in [7, 11) is 0. The molecule has 0 spiro atoms. The summed E-state index contributed by atoms with van der Waals surface area (Å²) >= 11 is 0. The van der Waals surface area contributed by atoms with E-state index in [1.165, 1.54) is 0 Å². The van der Waals surface area contributed by atoms with Gasteiger partial charge in [0.1, 0.15) is 17.1 Å². The first-order valence-corrected chi connectivity index (χ1v) is 8.37. The summed E-state index contributed by atoms with van der Waals surface area (Å²) in [5, 5.41) is 2.50. The van der Waals surface area contributed by atoms with Gasteiger partial charge in [0.2, 0.25) is 0 Å². The van der Waals surface area contributed by atoms with Gasteiger partial charge in [0.25, 0.3) is 5.91 Å². The second-order valence-corrected chi connectivity index (χ2v) is 6.16. The lowest BCUT2D eigenvalue weighted by atomic mass is 10.1. The van der Waals surface area contributed by atoms with Crippen LogP contribution in [0.3, 0.4) is 0 Å². The van der Waals surface area contributed by atoms with E-state index in [9.17, 15) is 9.59 Å². The zero-order valence-electron chi connectivity index (χ0n) is 15.0. The first kappa shape index (κ1) is 17.7. The Balaban J connectivity index is 1.76. The Bertz CT molecular complexity index is 967. The van der Waals surface area contributed by atoms with Crippen LogP contribution < -0.4 is 10.9 Å². The Hall–Kier alpha value is -3.15. The van der Waals surface area contributed by atoms with Gasteiger partial charge >= 0.3 is 11.6 Å². The summed E-state index contributed by atoms with van der Waals surface area (Å²) in [5.74, 6) is 0.572. The van der Waals surface area contributed by atoms with Gasteiger partial charge in [0.05, 0.1) is 5.69 Å². The highest BCUT2D eigenvalue weighted by atomic mass is 16.4. The van der Waals surface area contributed by atoms with E-state index in [1.54, 1.807) is 26.8 Å². The van der Waals surface area contributed by atoms with Crippen LogP contribution in [0.25, 0.3) is 0 Å². The maximum atomic E-state index is 12.4. The van der Waals surface area contributed by atoms with Crippen molar-refractivity contribution in [2.24, 2.45) is 0 Å². The van der Waals surface area contributed by atoms with Crippen molar-refractivity contribution in [3.8, 4) is 0 Å². The summed E-state index contributed by atoms with van der Waals surface area (Å²) in [6.07, 6.45) is 1.34. The molecule has 0 aliphatic heterocycles. The van der Waals surface area contributed by atoms with Crippen LogP contribution >= 0.6 is 0 Å². The molecule has 134 valence electrons. The molecule has 1 amide bonds. The predicted molar refractivity (Wildman–Crippen MR) is 97.5 cm³/mol. The number of aryl methyl sites for hydroxylation is 5. The highest BCUT2D eigenvalue weighted by Gasteiger charge is 2.19. The summed E-state index contributed by atoms with van der Waals surface area (Å²) in [4.78, 5) is 28.8. The predicted octanol–water partition coefficient (Wildman–Crippen LogP) is 3.59. The first-order chi connectivity index (χ1) is 12.4. The first-order valence-electron chi connectivity index (χ1n) is 8.37. The van der Waals surface area contributed by atoms with E-state index in [1.807, 2.05) is 30.3 Å². The van der Waals surface area contributed by atoms with E-state index in [0.29, 0.717) is 29.2 Å². The summed E-state index contributed by atoms with van der Waals surface area (Å²) in [6.45, 7) is 5.23. The lowest BCUT2D eigenvalue weighted by molar-refractivity contribution is 0.101. The molecule has 3 aromatic rings. The average molecular weight is 352 g/mol. The van der Waals surface area contributed by atoms with E-state index >= 15 is 0 Å². The van der Waals surface area contributed by atoms with Crippen molar-refractivity contribution in [1.82, 2.24) is 4.98 Å². The minimum atomic E-state index is -0.662. The van der Waals surface area contributed by atoms with Crippen molar-refractivity contribution in [3.63, 3.8) is 0 Å². The molecule has 2 heterocycles. The number of carbonyl (C=O) groups is 1. The third kappa shape index (κ3) is 3.91. The van der Waals surface area contributed by atoms with Crippen LogP contribution in [0, 0.1) is 20.8 Å². The molecule has 0 atom stereocenters. The fraction of sp³-hybridized carbons (Fsp3) is 0.250. The van der Waals surface area contributed by atoms with Crippen molar-refractivity contribution >= 4 is 11.9 Å². The molecule has 1 N–H and O–H groups in total. The van der Waals surface area contributed by atoms with Crippen molar-refractivity contribution in [2.45, 2.75) is 33.6 Å². The van der Waals surface area contributed by atoms with Gasteiger partial charge in [-0.15, -0.1) is 0 Å². The van der Waals surface area contributed by atoms with Crippen molar-refractivity contribution in [3.05, 3.63) is 80.7 Å². The smallest absolute Gasteiger partial charge is 0.349 e. The quantitative estimate of drug-likeness (QED) is 0.758. The minimum absolute atomic E-state index is 0.0398. The number of benzene rings is 1. The molecule has 3 rings (SSSR count). The minimum Gasteiger partial charge on any atom is -0.428 e. The average Bonchev–Trinajstić information content (AvgIpc) is 2.90. The number of hydrogen-bond acceptors (Lipinski definition) is 5. The number of amides is 1. The molecular formula is C20H20N2O4. The third-order valence-electron chi connectivity index (χ3n) is 4.18. The van der Waals surface area contributed by atoms with Gasteiger partial charge in [-0.05, 0) is 44.4 Å². The van der Waals surface area contributed by atoms with Gasteiger partial charge in [0, 0.05) is 6.42 Å². The standard InChI is InChI=1S/C20H20N2O4/c1-12-11-16(10-9-15-7-5-4-6-8-15)26-19(24)17(12)18(23)22-20-21-13(2)14(3)25-20/h4-8,11H,9-10H2,1-3H3,(H,21,22,23). The number of oxazole rings is 1. The Labute approximate surface area is 150 Å². The fourth-order valence-electron chi connectivity index (χ4n) is 2.67. The van der Waals surface area contributed by atoms with Gasteiger partial charge in [-0.3, -0.25) is 10.1 Å². The van der Waals surface area contributed by atoms with Crippen LogP contribution in [0.4, 0.5) is 6.01 Å². The van der Waals surface area contributed by atoms with Gasteiger partial charge in [0.15, 0.2) is 0 Å². The molecule has 0 aliphatic rings. The second-order valence-electron chi connectivity index (χ2n) is 6.16. The molecule has 2 aromatic heterocycles. The highest BCUT2D eigenvalue weighted by molar-refractivity contribution is 6.03. The molecular weight excluding hydrogens is 332 g/mol. The zero-order valence-corrected chi connectivity index (χ0v) is 15.0. The number of carbonyl (C=O) groups excluding carboxylic acids is 1. The van der Waals surface area contributed by atoms with Gasteiger partial charge in [-0.2, -0.15) is 4.98 Å². The van der Waals surface area contributed by atoms with Crippen LogP contribution in [-0.4, -0.2) is 10.9 Å². The molecule has 0 saturated heterocycles. The van der Waals surface area contributed by atoms with Gasteiger partial charge in [-0.25, -0.2) is 4.79 Å². The zero-order chi connectivity index (χ0) is 18.7. The lowest BCUT2D eigenvalue weighted by Crippen LogP contribution is -2.23.